The number of anilines is 1. The van der Waals surface area contributed by atoms with Crippen molar-refractivity contribution in [3.63, 3.8) is 0 Å². The number of hydrogen-bond acceptors (Lipinski definition) is 8. The maximum Gasteiger partial charge on any atom is 0.330 e. The van der Waals surface area contributed by atoms with Gasteiger partial charge < -0.3 is 24.7 Å². The van der Waals surface area contributed by atoms with Crippen molar-refractivity contribution in [3.05, 3.63) is 18.2 Å². The van der Waals surface area contributed by atoms with Crippen LogP contribution in [0.3, 0.4) is 0 Å². The lowest BCUT2D eigenvalue weighted by Crippen LogP contribution is -2.02. The number of fused-ring (bicyclic) bond motifs is 1. The normalized spacial score (nSPS) is 12.3. The van der Waals surface area contributed by atoms with Crippen LogP contribution in [0.2, 0.25) is 0 Å². The highest BCUT2D eigenvalue weighted by Gasteiger charge is 2.15. The van der Waals surface area contributed by atoms with Gasteiger partial charge in [-0.25, -0.2) is 0 Å². The largest absolute Gasteiger partial charge is 0.467 e. The Morgan fingerprint density at radius 1 is 1.11 bits per heavy atom. The Kier molecular flexibility index (Phi) is 2.67. The molecule has 19 heavy (non-hydrogen) atoms. The van der Waals surface area contributed by atoms with Crippen molar-refractivity contribution in [2.45, 2.75) is 0 Å². The van der Waals surface area contributed by atoms with Crippen LogP contribution in [-0.4, -0.2) is 28.9 Å². The summed E-state index contributed by atoms with van der Waals surface area (Å²) in [5.41, 5.74) is 5.51. The first-order valence-electron chi connectivity index (χ1n) is 5.37. The molecule has 2 heterocycles. The van der Waals surface area contributed by atoms with Crippen LogP contribution in [-0.2, 0) is 0 Å². The molecular formula is C11H10N4O4. The molecule has 0 bridgehead atoms. The number of methoxy groups -OCH3 is 1. The van der Waals surface area contributed by atoms with Gasteiger partial charge in [0.25, 0.3) is 0 Å². The number of rotatable bonds is 3. The second kappa shape index (κ2) is 4.48. The molecule has 1 aliphatic rings. The molecule has 3 rings (SSSR count). The number of nitrogen functional groups attached to an aromatic ring is 1. The second-order valence-electron chi connectivity index (χ2n) is 3.58. The van der Waals surface area contributed by atoms with Crippen molar-refractivity contribution in [3.8, 4) is 29.3 Å². The summed E-state index contributed by atoms with van der Waals surface area (Å²) in [4.78, 5) is 11.5. The predicted molar refractivity (Wildman–Crippen MR) is 63.4 cm³/mol. The lowest BCUT2D eigenvalue weighted by molar-refractivity contribution is 0.174. The summed E-state index contributed by atoms with van der Waals surface area (Å²) in [5.74, 6) is 1.78. The highest BCUT2D eigenvalue weighted by atomic mass is 16.7. The number of nitrogens with two attached hydrogens (primary N) is 1. The highest BCUT2D eigenvalue weighted by Crippen LogP contribution is 2.36. The lowest BCUT2D eigenvalue weighted by Gasteiger charge is -2.06. The minimum atomic E-state index is 0.0163. The van der Waals surface area contributed by atoms with Gasteiger partial charge in [0.05, 0.1) is 7.11 Å². The molecule has 8 nitrogen and oxygen atoms in total. The number of nitrogens with zero attached hydrogens (tertiary/aromatic N) is 3. The summed E-state index contributed by atoms with van der Waals surface area (Å²) in [6, 6.07) is 5.25. The van der Waals surface area contributed by atoms with E-state index in [0.29, 0.717) is 17.2 Å². The van der Waals surface area contributed by atoms with Gasteiger partial charge in [-0.15, -0.1) is 4.98 Å². The molecule has 8 heteroatoms. The lowest BCUT2D eigenvalue weighted by atomic mass is 10.3. The molecule has 0 fully saturated rings. The SMILES string of the molecule is COc1nc(N)nc(Oc2ccc3c(c2)OCO3)n1. The minimum Gasteiger partial charge on any atom is -0.467 e. The van der Waals surface area contributed by atoms with Crippen molar-refractivity contribution in [2.24, 2.45) is 0 Å². The van der Waals surface area contributed by atoms with E-state index in [9.17, 15) is 0 Å². The van der Waals surface area contributed by atoms with Gasteiger partial charge in [-0.1, -0.05) is 0 Å². The molecule has 2 aromatic rings. The molecule has 2 N–H and O–H groups in total. The zero-order chi connectivity index (χ0) is 13.2. The van der Waals surface area contributed by atoms with E-state index in [-0.39, 0.29) is 24.8 Å². The zero-order valence-electron chi connectivity index (χ0n) is 9.99. The molecule has 0 unspecified atom stereocenters. The number of hydrogen-bond donors (Lipinski definition) is 1. The summed E-state index contributed by atoms with van der Waals surface area (Å²) in [7, 11) is 1.43. The Balaban J connectivity index is 1.86. The number of aromatic nitrogens is 3. The predicted octanol–water partition coefficient (Wildman–Crippen LogP) is 0.983. The van der Waals surface area contributed by atoms with E-state index in [4.69, 9.17) is 24.7 Å². The monoisotopic (exact) mass is 262 g/mol. The van der Waals surface area contributed by atoms with E-state index in [1.54, 1.807) is 18.2 Å². The molecule has 1 aromatic heterocycles. The van der Waals surface area contributed by atoms with Crippen LogP contribution >= 0.6 is 0 Å². The first-order chi connectivity index (χ1) is 9.24. The fourth-order valence-corrected chi connectivity index (χ4v) is 1.54. The second-order valence-corrected chi connectivity index (χ2v) is 3.58. The molecule has 98 valence electrons. The summed E-state index contributed by atoms with van der Waals surface area (Å²) >= 11 is 0. The Labute approximate surface area is 108 Å². The van der Waals surface area contributed by atoms with E-state index >= 15 is 0 Å². The topological polar surface area (TPSA) is 102 Å². The maximum absolute atomic E-state index is 5.51. The number of benzene rings is 1. The minimum absolute atomic E-state index is 0.0163. The molecule has 0 radical (unpaired) electrons. The Morgan fingerprint density at radius 3 is 2.74 bits per heavy atom. The van der Waals surface area contributed by atoms with Gasteiger partial charge in [-0.3, -0.25) is 0 Å². The van der Waals surface area contributed by atoms with E-state index in [0.717, 1.165) is 0 Å². The van der Waals surface area contributed by atoms with Crippen LogP contribution in [0.5, 0.6) is 29.3 Å². The third-order valence-corrected chi connectivity index (χ3v) is 2.35. The van der Waals surface area contributed by atoms with Crippen LogP contribution in [0.25, 0.3) is 0 Å². The average Bonchev–Trinajstić information content (AvgIpc) is 2.85. The smallest absolute Gasteiger partial charge is 0.330 e. The standard InChI is InChI=1S/C11H10N4O4/c1-16-10-13-9(12)14-11(15-10)19-6-2-3-7-8(4-6)18-5-17-7/h2-4H,5H2,1H3,(H2,12,13,14,15). The van der Waals surface area contributed by atoms with Gasteiger partial charge in [0.1, 0.15) is 5.75 Å². The quantitative estimate of drug-likeness (QED) is 0.873. The zero-order valence-corrected chi connectivity index (χ0v) is 9.99. The fraction of sp³-hybridized carbons (Fsp3) is 0.182. The third-order valence-electron chi connectivity index (χ3n) is 2.35. The summed E-state index contributed by atoms with van der Waals surface area (Å²) in [6.45, 7) is 0.200. The van der Waals surface area contributed by atoms with Gasteiger partial charge >= 0.3 is 12.0 Å². The molecule has 0 saturated carbocycles. The van der Waals surface area contributed by atoms with Gasteiger partial charge in [0.15, 0.2) is 11.5 Å². The summed E-state index contributed by atoms with van der Waals surface area (Å²) in [5, 5.41) is 0. The maximum atomic E-state index is 5.51. The molecule has 0 amide bonds. The molecular weight excluding hydrogens is 252 g/mol. The van der Waals surface area contributed by atoms with Crippen molar-refractivity contribution in [1.82, 2.24) is 15.0 Å². The van der Waals surface area contributed by atoms with Crippen LogP contribution in [0.4, 0.5) is 5.95 Å². The molecule has 1 aliphatic heterocycles. The van der Waals surface area contributed by atoms with Gasteiger partial charge in [-0.05, 0) is 12.1 Å². The molecule has 1 aromatic carbocycles. The van der Waals surface area contributed by atoms with Crippen LogP contribution in [0, 0.1) is 0 Å². The van der Waals surface area contributed by atoms with Crippen LogP contribution in [0.15, 0.2) is 18.2 Å². The number of ether oxygens (including phenoxy) is 4. The van der Waals surface area contributed by atoms with E-state index in [1.807, 2.05) is 0 Å². The third kappa shape index (κ3) is 2.28. The average molecular weight is 262 g/mol. The van der Waals surface area contributed by atoms with E-state index in [1.165, 1.54) is 7.11 Å². The van der Waals surface area contributed by atoms with Gasteiger partial charge in [-0.2, -0.15) is 9.97 Å². The fourth-order valence-electron chi connectivity index (χ4n) is 1.54. The first kappa shape index (κ1) is 11.3. The molecule has 0 saturated heterocycles. The first-order valence-corrected chi connectivity index (χ1v) is 5.37. The molecule has 0 atom stereocenters. The molecule has 0 spiro atoms. The van der Waals surface area contributed by atoms with Crippen LogP contribution < -0.4 is 24.7 Å². The van der Waals surface area contributed by atoms with Crippen molar-refractivity contribution < 1.29 is 18.9 Å². The van der Waals surface area contributed by atoms with Gasteiger partial charge in [0, 0.05) is 6.07 Å². The van der Waals surface area contributed by atoms with Gasteiger partial charge in [0.2, 0.25) is 12.7 Å². The van der Waals surface area contributed by atoms with Crippen molar-refractivity contribution >= 4 is 5.95 Å². The summed E-state index contributed by atoms with van der Waals surface area (Å²) < 4.78 is 20.8. The Morgan fingerprint density at radius 2 is 1.89 bits per heavy atom. The Bertz CT molecular complexity index is 620. The van der Waals surface area contributed by atoms with E-state index < -0.39 is 0 Å². The van der Waals surface area contributed by atoms with E-state index in [2.05, 4.69) is 15.0 Å². The van der Waals surface area contributed by atoms with Crippen molar-refractivity contribution in [1.29, 1.82) is 0 Å². The summed E-state index contributed by atoms with van der Waals surface area (Å²) in [6.07, 6.45) is 0. The Hall–Kier alpha value is -2.77. The highest BCUT2D eigenvalue weighted by molar-refractivity contribution is 5.47. The molecule has 0 aliphatic carbocycles. The van der Waals surface area contributed by atoms with Crippen LogP contribution in [0.1, 0.15) is 0 Å². The van der Waals surface area contributed by atoms with Crippen molar-refractivity contribution in [2.75, 3.05) is 19.6 Å².